The van der Waals surface area contributed by atoms with Crippen LogP contribution in [-0.2, 0) is 16.5 Å². The third-order valence-electron chi connectivity index (χ3n) is 4.62. The lowest BCUT2D eigenvalue weighted by atomic mass is 9.87. The molecule has 2 aromatic rings. The molecule has 0 aliphatic carbocycles. The lowest BCUT2D eigenvalue weighted by molar-refractivity contribution is -0.140. The second kappa shape index (κ2) is 7.36. The fourth-order valence-corrected chi connectivity index (χ4v) is 4.09. The lowest BCUT2D eigenvalue weighted by Crippen LogP contribution is -2.55. The van der Waals surface area contributed by atoms with Crippen molar-refractivity contribution < 1.29 is 18.0 Å². The zero-order chi connectivity index (χ0) is 18.8. The van der Waals surface area contributed by atoms with Crippen LogP contribution < -0.4 is 10.6 Å². The molecule has 0 saturated carbocycles. The Morgan fingerprint density at radius 2 is 2.19 bits per heavy atom. The van der Waals surface area contributed by atoms with Crippen LogP contribution in [0.5, 0.6) is 0 Å². The molecule has 0 spiro atoms. The summed E-state index contributed by atoms with van der Waals surface area (Å²) in [6.07, 6.45) is 0.444. The van der Waals surface area contributed by atoms with Crippen molar-refractivity contribution >= 4 is 17.2 Å². The first-order chi connectivity index (χ1) is 12.4. The van der Waals surface area contributed by atoms with E-state index >= 15 is 0 Å². The summed E-state index contributed by atoms with van der Waals surface area (Å²) in [5.41, 5.74) is -1.76. The second-order valence-electron chi connectivity index (χ2n) is 6.24. The molecule has 1 saturated heterocycles. The standard InChI is InChI=1S/C16H20F3N5OS/c1-2-11(13-23-12(10-26-13)16(17,18)19)22-14(25)15(4-7-20-8-5-15)24-9-3-6-21-24/h3,6,9-11,20H,2,4-5,7-8H2,1H3,(H,22,25). The minimum Gasteiger partial charge on any atom is -0.345 e. The van der Waals surface area contributed by atoms with Gasteiger partial charge in [0.1, 0.15) is 10.5 Å². The van der Waals surface area contributed by atoms with Crippen molar-refractivity contribution in [3.05, 3.63) is 34.5 Å². The number of halogens is 3. The van der Waals surface area contributed by atoms with Crippen molar-refractivity contribution in [2.75, 3.05) is 13.1 Å². The summed E-state index contributed by atoms with van der Waals surface area (Å²) in [6, 6.07) is 1.19. The minimum absolute atomic E-state index is 0.238. The normalized spacial score (nSPS) is 18.5. The van der Waals surface area contributed by atoms with Gasteiger partial charge >= 0.3 is 6.18 Å². The second-order valence-corrected chi connectivity index (χ2v) is 7.12. The van der Waals surface area contributed by atoms with E-state index in [1.54, 1.807) is 23.1 Å². The summed E-state index contributed by atoms with van der Waals surface area (Å²) in [5.74, 6) is -0.238. The van der Waals surface area contributed by atoms with Crippen LogP contribution in [0, 0.1) is 0 Å². The van der Waals surface area contributed by atoms with E-state index in [4.69, 9.17) is 0 Å². The van der Waals surface area contributed by atoms with Gasteiger partial charge in [-0.25, -0.2) is 4.98 Å². The number of hydrogen-bond donors (Lipinski definition) is 2. The number of carbonyl (C=O) groups is 1. The van der Waals surface area contributed by atoms with Crippen LogP contribution in [0.15, 0.2) is 23.8 Å². The van der Waals surface area contributed by atoms with Gasteiger partial charge in [0.25, 0.3) is 0 Å². The largest absolute Gasteiger partial charge is 0.434 e. The number of hydrogen-bond acceptors (Lipinski definition) is 5. The highest BCUT2D eigenvalue weighted by atomic mass is 32.1. The highest BCUT2D eigenvalue weighted by Gasteiger charge is 2.43. The fraction of sp³-hybridized carbons (Fsp3) is 0.562. The fourth-order valence-electron chi connectivity index (χ4n) is 3.13. The maximum atomic E-state index is 13.1. The predicted octanol–water partition coefficient (Wildman–Crippen LogP) is 2.70. The van der Waals surface area contributed by atoms with Crippen molar-refractivity contribution in [1.82, 2.24) is 25.4 Å². The summed E-state index contributed by atoms with van der Waals surface area (Å²) in [7, 11) is 0. The number of nitrogens with zero attached hydrogens (tertiary/aromatic N) is 3. The molecule has 0 bridgehead atoms. The average molecular weight is 387 g/mol. The van der Waals surface area contributed by atoms with Crippen molar-refractivity contribution in [3.8, 4) is 0 Å². The molecule has 1 amide bonds. The SMILES string of the molecule is CCC(NC(=O)C1(n2cccn2)CCNCC1)c1nc(C(F)(F)F)cs1. The molecule has 26 heavy (non-hydrogen) atoms. The molecule has 3 rings (SSSR count). The van der Waals surface area contributed by atoms with Gasteiger partial charge in [0, 0.05) is 17.8 Å². The van der Waals surface area contributed by atoms with Crippen molar-refractivity contribution in [3.63, 3.8) is 0 Å². The summed E-state index contributed by atoms with van der Waals surface area (Å²) < 4.78 is 40.1. The quantitative estimate of drug-likeness (QED) is 0.828. The van der Waals surface area contributed by atoms with E-state index in [0.717, 1.165) is 16.7 Å². The summed E-state index contributed by atoms with van der Waals surface area (Å²) >= 11 is 0.914. The molecule has 0 radical (unpaired) electrons. The Morgan fingerprint density at radius 1 is 1.46 bits per heavy atom. The summed E-state index contributed by atoms with van der Waals surface area (Å²) in [6.45, 7) is 3.14. The van der Waals surface area contributed by atoms with Crippen LogP contribution in [0.1, 0.15) is 42.9 Å². The third-order valence-corrected chi connectivity index (χ3v) is 5.58. The van der Waals surface area contributed by atoms with Gasteiger partial charge < -0.3 is 10.6 Å². The topological polar surface area (TPSA) is 71.8 Å². The Labute approximate surface area is 152 Å². The molecule has 10 heteroatoms. The number of rotatable bonds is 5. The van der Waals surface area contributed by atoms with E-state index in [-0.39, 0.29) is 10.9 Å². The minimum atomic E-state index is -4.48. The van der Waals surface area contributed by atoms with Crippen molar-refractivity contribution in [2.45, 2.75) is 43.9 Å². The van der Waals surface area contributed by atoms with Crippen molar-refractivity contribution in [2.24, 2.45) is 0 Å². The number of carbonyl (C=O) groups excluding carboxylic acids is 1. The number of thiazole rings is 1. The summed E-state index contributed by atoms with van der Waals surface area (Å²) in [4.78, 5) is 16.8. The van der Waals surface area contributed by atoms with E-state index in [2.05, 4.69) is 20.7 Å². The molecule has 1 aliphatic heterocycles. The predicted molar refractivity (Wildman–Crippen MR) is 90.6 cm³/mol. The Bertz CT molecular complexity index is 737. The monoisotopic (exact) mass is 387 g/mol. The molecule has 1 aliphatic rings. The van der Waals surface area contributed by atoms with E-state index in [1.807, 2.05) is 6.92 Å². The average Bonchev–Trinajstić information content (AvgIpc) is 3.31. The van der Waals surface area contributed by atoms with Crippen LogP contribution in [-0.4, -0.2) is 33.8 Å². The molecule has 3 heterocycles. The molecule has 6 nitrogen and oxygen atoms in total. The number of amides is 1. The Balaban J connectivity index is 1.82. The van der Waals surface area contributed by atoms with Gasteiger partial charge in [-0.3, -0.25) is 9.48 Å². The molecule has 1 atom stereocenters. The zero-order valence-electron chi connectivity index (χ0n) is 14.2. The molecule has 0 aromatic carbocycles. The highest BCUT2D eigenvalue weighted by molar-refractivity contribution is 7.09. The van der Waals surface area contributed by atoms with Gasteiger partial charge in [0.2, 0.25) is 5.91 Å². The first-order valence-corrected chi connectivity index (χ1v) is 9.29. The number of piperidine rings is 1. The van der Waals surface area contributed by atoms with E-state index < -0.39 is 23.5 Å². The molecular formula is C16H20F3N5OS. The molecular weight excluding hydrogens is 367 g/mol. The third kappa shape index (κ3) is 3.61. The smallest absolute Gasteiger partial charge is 0.345 e. The van der Waals surface area contributed by atoms with Gasteiger partial charge in [-0.05, 0) is 38.4 Å². The molecule has 142 valence electrons. The molecule has 2 aromatic heterocycles. The van der Waals surface area contributed by atoms with Gasteiger partial charge in [-0.1, -0.05) is 6.92 Å². The lowest BCUT2D eigenvalue weighted by Gasteiger charge is -2.37. The van der Waals surface area contributed by atoms with Gasteiger partial charge in [0.05, 0.1) is 6.04 Å². The first-order valence-electron chi connectivity index (χ1n) is 8.41. The van der Waals surface area contributed by atoms with Crippen LogP contribution in [0.4, 0.5) is 13.2 Å². The molecule has 2 N–H and O–H groups in total. The highest BCUT2D eigenvalue weighted by Crippen LogP contribution is 2.33. The van der Waals surface area contributed by atoms with E-state index in [1.165, 1.54) is 0 Å². The van der Waals surface area contributed by atoms with Crippen LogP contribution in [0.3, 0.4) is 0 Å². The van der Waals surface area contributed by atoms with Crippen molar-refractivity contribution in [1.29, 1.82) is 0 Å². The van der Waals surface area contributed by atoms with Crippen LogP contribution >= 0.6 is 11.3 Å². The van der Waals surface area contributed by atoms with Crippen LogP contribution in [0.25, 0.3) is 0 Å². The molecule has 1 unspecified atom stereocenters. The number of alkyl halides is 3. The first kappa shape index (κ1) is 18.8. The Hall–Kier alpha value is -1.94. The van der Waals surface area contributed by atoms with Gasteiger partial charge in [-0.2, -0.15) is 18.3 Å². The Morgan fingerprint density at radius 3 is 2.73 bits per heavy atom. The van der Waals surface area contributed by atoms with Crippen LogP contribution in [0.2, 0.25) is 0 Å². The summed E-state index contributed by atoms with van der Waals surface area (Å²) in [5, 5.41) is 11.6. The maximum Gasteiger partial charge on any atom is 0.434 e. The maximum absolute atomic E-state index is 13.1. The zero-order valence-corrected chi connectivity index (χ0v) is 15.0. The number of aromatic nitrogens is 3. The van der Waals surface area contributed by atoms with E-state index in [0.29, 0.717) is 32.4 Å². The Kier molecular flexibility index (Phi) is 5.33. The van der Waals surface area contributed by atoms with E-state index in [9.17, 15) is 18.0 Å². The number of nitrogens with one attached hydrogen (secondary N) is 2. The molecule has 1 fully saturated rings. The van der Waals surface area contributed by atoms with Gasteiger partial charge in [0.15, 0.2) is 5.69 Å². The van der Waals surface area contributed by atoms with Gasteiger partial charge in [-0.15, -0.1) is 11.3 Å².